The Bertz CT molecular complexity index is 537. The molecule has 88 valence electrons. The molecule has 0 N–H and O–H groups in total. The normalized spacial score (nSPS) is 10.2. The van der Waals surface area contributed by atoms with Crippen molar-refractivity contribution in [3.05, 3.63) is 50.1 Å². The van der Waals surface area contributed by atoms with Gasteiger partial charge in [0.1, 0.15) is 12.4 Å². The van der Waals surface area contributed by atoms with Gasteiger partial charge in [-0.2, -0.15) is 0 Å². The summed E-state index contributed by atoms with van der Waals surface area (Å²) in [7, 11) is 0. The van der Waals surface area contributed by atoms with Crippen molar-refractivity contribution in [3.8, 4) is 5.75 Å². The van der Waals surface area contributed by atoms with Gasteiger partial charge in [-0.15, -0.1) is 11.3 Å². The third-order valence-corrected chi connectivity index (χ3v) is 3.61. The van der Waals surface area contributed by atoms with Crippen LogP contribution in [0.15, 0.2) is 30.3 Å². The van der Waals surface area contributed by atoms with Gasteiger partial charge in [-0.25, -0.2) is 0 Å². The van der Waals surface area contributed by atoms with E-state index in [4.69, 9.17) is 27.9 Å². The minimum absolute atomic E-state index is 0.349. The van der Waals surface area contributed by atoms with Crippen molar-refractivity contribution in [1.29, 1.82) is 0 Å². The Morgan fingerprint density at radius 3 is 2.71 bits per heavy atom. The van der Waals surface area contributed by atoms with E-state index in [1.807, 2.05) is 6.07 Å². The predicted molar refractivity (Wildman–Crippen MR) is 70.5 cm³/mol. The highest BCUT2D eigenvalue weighted by molar-refractivity contribution is 7.16. The monoisotopic (exact) mass is 286 g/mol. The standard InChI is InChI=1S/C12H8Cl2O2S/c13-10-3-1-2-8(6-15)12(10)16-7-9-4-5-11(14)17-9/h1-6H,7H2. The van der Waals surface area contributed by atoms with Gasteiger partial charge in [0.05, 0.1) is 14.9 Å². The average Bonchev–Trinajstić information content (AvgIpc) is 2.73. The van der Waals surface area contributed by atoms with Crippen molar-refractivity contribution >= 4 is 40.8 Å². The molecular weight excluding hydrogens is 279 g/mol. The van der Waals surface area contributed by atoms with Crippen molar-refractivity contribution < 1.29 is 9.53 Å². The number of benzene rings is 1. The molecule has 0 bridgehead atoms. The highest BCUT2D eigenvalue weighted by atomic mass is 35.5. The molecule has 0 atom stereocenters. The van der Waals surface area contributed by atoms with Gasteiger partial charge in [-0.05, 0) is 24.3 Å². The summed E-state index contributed by atoms with van der Waals surface area (Å²) in [5, 5.41) is 0.428. The summed E-state index contributed by atoms with van der Waals surface area (Å²) in [6.45, 7) is 0.349. The van der Waals surface area contributed by atoms with E-state index in [1.165, 1.54) is 11.3 Å². The third-order valence-electron chi connectivity index (χ3n) is 2.11. The van der Waals surface area contributed by atoms with Crippen LogP contribution in [0.3, 0.4) is 0 Å². The van der Waals surface area contributed by atoms with Crippen LogP contribution in [0.1, 0.15) is 15.2 Å². The Balaban J connectivity index is 2.16. The van der Waals surface area contributed by atoms with Crippen molar-refractivity contribution in [2.24, 2.45) is 0 Å². The molecule has 0 amide bonds. The van der Waals surface area contributed by atoms with Crippen molar-refractivity contribution in [3.63, 3.8) is 0 Å². The molecule has 0 aliphatic carbocycles. The molecule has 1 aromatic carbocycles. The zero-order valence-electron chi connectivity index (χ0n) is 8.65. The highest BCUT2D eigenvalue weighted by Gasteiger charge is 2.08. The first-order chi connectivity index (χ1) is 8.20. The Morgan fingerprint density at radius 2 is 2.06 bits per heavy atom. The topological polar surface area (TPSA) is 26.3 Å². The maximum absolute atomic E-state index is 10.8. The molecule has 0 unspecified atom stereocenters. The summed E-state index contributed by atoms with van der Waals surface area (Å²) < 4.78 is 6.25. The van der Waals surface area contributed by atoms with Gasteiger partial charge in [0.2, 0.25) is 0 Å². The number of para-hydroxylation sites is 1. The van der Waals surface area contributed by atoms with E-state index < -0.39 is 0 Å². The molecule has 0 fully saturated rings. The molecule has 0 spiro atoms. The lowest BCUT2D eigenvalue weighted by atomic mass is 10.2. The number of carbonyl (C=O) groups is 1. The molecule has 0 radical (unpaired) electrons. The van der Waals surface area contributed by atoms with Gasteiger partial charge in [0, 0.05) is 4.88 Å². The fraction of sp³-hybridized carbons (Fsp3) is 0.0833. The van der Waals surface area contributed by atoms with Gasteiger partial charge in [-0.3, -0.25) is 4.79 Å². The lowest BCUT2D eigenvalue weighted by Gasteiger charge is -2.08. The molecule has 0 aliphatic rings. The van der Waals surface area contributed by atoms with E-state index in [-0.39, 0.29) is 0 Å². The zero-order valence-corrected chi connectivity index (χ0v) is 11.0. The molecule has 0 aliphatic heterocycles. The molecule has 0 saturated heterocycles. The summed E-state index contributed by atoms with van der Waals surface area (Å²) in [4.78, 5) is 11.8. The summed E-state index contributed by atoms with van der Waals surface area (Å²) in [6, 6.07) is 8.74. The van der Waals surface area contributed by atoms with E-state index in [0.717, 1.165) is 11.2 Å². The first kappa shape index (κ1) is 12.4. The Morgan fingerprint density at radius 1 is 1.24 bits per heavy atom. The first-order valence-corrected chi connectivity index (χ1v) is 6.38. The van der Waals surface area contributed by atoms with Crippen molar-refractivity contribution in [2.75, 3.05) is 0 Å². The van der Waals surface area contributed by atoms with Crippen molar-refractivity contribution in [1.82, 2.24) is 0 Å². The quantitative estimate of drug-likeness (QED) is 0.777. The predicted octanol–water partition coefficient (Wildman–Crippen LogP) is 4.45. The van der Waals surface area contributed by atoms with Gasteiger partial charge in [0.25, 0.3) is 0 Å². The van der Waals surface area contributed by atoms with E-state index in [9.17, 15) is 4.79 Å². The van der Waals surface area contributed by atoms with Crippen LogP contribution < -0.4 is 4.74 Å². The molecule has 2 rings (SSSR count). The van der Waals surface area contributed by atoms with Crippen LogP contribution in [-0.2, 0) is 6.61 Å². The van der Waals surface area contributed by atoms with Gasteiger partial charge >= 0.3 is 0 Å². The molecule has 1 heterocycles. The van der Waals surface area contributed by atoms with E-state index >= 15 is 0 Å². The number of rotatable bonds is 4. The van der Waals surface area contributed by atoms with Gasteiger partial charge in [-0.1, -0.05) is 29.3 Å². The third kappa shape index (κ3) is 3.00. The van der Waals surface area contributed by atoms with E-state index in [2.05, 4.69) is 0 Å². The van der Waals surface area contributed by atoms with E-state index in [0.29, 0.717) is 27.3 Å². The number of hydrogen-bond donors (Lipinski definition) is 0. The summed E-state index contributed by atoms with van der Waals surface area (Å²) in [5.74, 6) is 0.411. The smallest absolute Gasteiger partial charge is 0.153 e. The Labute approximate surface area is 113 Å². The summed E-state index contributed by atoms with van der Waals surface area (Å²) in [5.41, 5.74) is 0.445. The van der Waals surface area contributed by atoms with Crippen molar-refractivity contribution in [2.45, 2.75) is 6.61 Å². The van der Waals surface area contributed by atoms with Crippen LogP contribution in [0.25, 0.3) is 0 Å². The average molecular weight is 287 g/mol. The molecule has 0 saturated carbocycles. The second-order valence-electron chi connectivity index (χ2n) is 3.27. The molecule has 2 aromatic rings. The number of hydrogen-bond acceptors (Lipinski definition) is 3. The summed E-state index contributed by atoms with van der Waals surface area (Å²) in [6.07, 6.45) is 0.725. The number of carbonyl (C=O) groups excluding carboxylic acids is 1. The SMILES string of the molecule is O=Cc1cccc(Cl)c1OCc1ccc(Cl)s1. The first-order valence-electron chi connectivity index (χ1n) is 4.81. The zero-order chi connectivity index (χ0) is 12.3. The second kappa shape index (κ2) is 5.54. The van der Waals surface area contributed by atoms with Crippen LogP contribution in [0.2, 0.25) is 9.36 Å². The summed E-state index contributed by atoms with van der Waals surface area (Å²) >= 11 is 13.2. The lowest BCUT2D eigenvalue weighted by Crippen LogP contribution is -1.97. The minimum Gasteiger partial charge on any atom is -0.486 e. The van der Waals surface area contributed by atoms with Crippen LogP contribution in [-0.4, -0.2) is 6.29 Å². The van der Waals surface area contributed by atoms with Crippen LogP contribution in [0.5, 0.6) is 5.75 Å². The lowest BCUT2D eigenvalue weighted by molar-refractivity contribution is 0.111. The van der Waals surface area contributed by atoms with Crippen LogP contribution in [0.4, 0.5) is 0 Å². The molecular formula is C12H8Cl2O2S. The van der Waals surface area contributed by atoms with E-state index in [1.54, 1.807) is 24.3 Å². The maximum atomic E-state index is 10.8. The maximum Gasteiger partial charge on any atom is 0.153 e. The second-order valence-corrected chi connectivity index (χ2v) is 5.48. The number of halogens is 2. The highest BCUT2D eigenvalue weighted by Crippen LogP contribution is 2.29. The Kier molecular flexibility index (Phi) is 4.05. The number of thiophene rings is 1. The molecule has 17 heavy (non-hydrogen) atoms. The number of aldehydes is 1. The molecule has 5 heteroatoms. The fourth-order valence-electron chi connectivity index (χ4n) is 1.34. The fourth-order valence-corrected chi connectivity index (χ4v) is 2.58. The van der Waals surface area contributed by atoms with Gasteiger partial charge in [0.15, 0.2) is 6.29 Å². The van der Waals surface area contributed by atoms with Gasteiger partial charge < -0.3 is 4.74 Å². The molecule has 2 nitrogen and oxygen atoms in total. The molecule has 1 aromatic heterocycles. The Hall–Kier alpha value is -1.03. The minimum atomic E-state index is 0.349. The van der Waals surface area contributed by atoms with Crippen LogP contribution in [0, 0.1) is 0 Å². The number of ether oxygens (including phenoxy) is 1. The largest absolute Gasteiger partial charge is 0.486 e. The van der Waals surface area contributed by atoms with Crippen LogP contribution >= 0.6 is 34.5 Å².